The van der Waals surface area contributed by atoms with Crippen molar-refractivity contribution in [2.75, 3.05) is 19.8 Å². The van der Waals surface area contributed by atoms with Crippen molar-refractivity contribution in [1.29, 1.82) is 0 Å². The van der Waals surface area contributed by atoms with Gasteiger partial charge < -0.3 is 84.2 Å². The van der Waals surface area contributed by atoms with Crippen LogP contribution in [0.1, 0.15) is 106 Å². The number of hydrogen-bond acceptors (Lipinski definition) is 18. The van der Waals surface area contributed by atoms with Crippen molar-refractivity contribution in [2.45, 2.75) is 210 Å². The van der Waals surface area contributed by atoms with Gasteiger partial charge in [0, 0.05) is 12.0 Å². The van der Waals surface area contributed by atoms with Gasteiger partial charge in [-0.25, -0.2) is 4.79 Å². The zero-order valence-corrected chi connectivity index (χ0v) is 39.1. The molecule has 66 heavy (non-hydrogen) atoms. The first kappa shape index (κ1) is 49.5. The Kier molecular flexibility index (Phi) is 13.3. The third kappa shape index (κ3) is 7.36. The Balaban J connectivity index is 0.934. The maximum Gasteiger partial charge on any atom is 0.333 e. The Bertz CT molecular complexity index is 1810. The molecule has 9 rings (SSSR count). The normalized spacial score (nSPS) is 54.8. The highest BCUT2D eigenvalue weighted by Gasteiger charge is 2.82. The van der Waals surface area contributed by atoms with Crippen LogP contribution in [0, 0.1) is 50.7 Å². The fourth-order valence-electron chi connectivity index (χ4n) is 16.0. The number of fused-ring (bicyclic) bond motifs is 2. The minimum Gasteiger partial charge on any atom is -0.458 e. The number of esters is 1. The number of rotatable bonds is 11. The minimum absolute atomic E-state index is 0.103. The van der Waals surface area contributed by atoms with Gasteiger partial charge in [0.15, 0.2) is 18.9 Å². The van der Waals surface area contributed by atoms with Crippen LogP contribution in [0.3, 0.4) is 0 Å². The standard InChI is InChI=1S/C48H76O18/c1-21-7-8-24(60-40(21)59)22(2)23-11-13-46(6)29-10-9-28-44(3,4)30(12-14-47(28)20-48(29,47)16-15-45(23,46)5)64-42-38(35(56)32(53)26(18-50)62-42)66-43-39(36(57)33(54)27(19-51)63-43)65-41-37(58)34(55)31(52)25(17-49)61-41/h7,22-39,41-43,49-58H,8-20H2,1-6H3/t22-,23+,24-,25+,26+,27+,28-,29-,30-,31+,32+,33+,34-,35-,36-,37+,38+,39+,41-,42-,43-,45+,46-,47+,48-/m0/s1. The highest BCUT2D eigenvalue weighted by molar-refractivity contribution is 5.88. The molecule has 0 radical (unpaired) electrons. The number of carbonyl (C=O) groups excluding carboxylic acids is 1. The third-order valence-corrected chi connectivity index (χ3v) is 19.9. The summed E-state index contributed by atoms with van der Waals surface area (Å²) in [5.74, 6) is 1.38. The zero-order valence-electron chi connectivity index (χ0n) is 39.1. The van der Waals surface area contributed by atoms with Gasteiger partial charge in [-0.1, -0.05) is 40.7 Å². The van der Waals surface area contributed by atoms with E-state index < -0.39 is 123 Å². The molecule has 0 aromatic heterocycles. The molecule has 4 heterocycles. The molecule has 2 spiro atoms. The van der Waals surface area contributed by atoms with Crippen LogP contribution >= 0.6 is 0 Å². The molecule has 3 saturated heterocycles. The summed E-state index contributed by atoms with van der Waals surface area (Å²) in [7, 11) is 0. The molecule has 18 heteroatoms. The van der Waals surface area contributed by atoms with Crippen LogP contribution < -0.4 is 0 Å². The molecular weight excluding hydrogens is 865 g/mol. The summed E-state index contributed by atoms with van der Waals surface area (Å²) in [6.45, 7) is 11.5. The van der Waals surface area contributed by atoms with Gasteiger partial charge >= 0.3 is 5.97 Å². The van der Waals surface area contributed by atoms with Gasteiger partial charge in [-0.2, -0.15) is 0 Å². The van der Waals surface area contributed by atoms with E-state index >= 15 is 0 Å². The van der Waals surface area contributed by atoms with E-state index in [0.29, 0.717) is 29.7 Å². The van der Waals surface area contributed by atoms with Crippen LogP contribution in [0.5, 0.6) is 0 Å². The fourth-order valence-corrected chi connectivity index (χ4v) is 16.0. The van der Waals surface area contributed by atoms with E-state index in [1.54, 1.807) is 0 Å². The van der Waals surface area contributed by atoms with Gasteiger partial charge in [0.1, 0.15) is 79.4 Å². The van der Waals surface area contributed by atoms with Crippen LogP contribution in [0.2, 0.25) is 0 Å². The van der Waals surface area contributed by atoms with Gasteiger partial charge in [-0.15, -0.1) is 0 Å². The predicted molar refractivity (Wildman–Crippen MR) is 228 cm³/mol. The molecule has 5 saturated carbocycles. The number of aliphatic hydroxyl groups excluding tert-OH is 10. The van der Waals surface area contributed by atoms with Gasteiger partial charge in [0.2, 0.25) is 0 Å². The summed E-state index contributed by atoms with van der Waals surface area (Å²) in [6.07, 6.45) is -13.1. The number of carbonyl (C=O) groups is 1. The first-order valence-electron chi connectivity index (χ1n) is 24.5. The fraction of sp³-hybridized carbons (Fsp3) is 0.938. The molecule has 5 aliphatic carbocycles. The lowest BCUT2D eigenvalue weighted by atomic mass is 9.41. The second-order valence-electron chi connectivity index (χ2n) is 22.9. The molecule has 10 N–H and O–H groups in total. The first-order valence-corrected chi connectivity index (χ1v) is 24.5. The Morgan fingerprint density at radius 2 is 1.15 bits per heavy atom. The van der Waals surface area contributed by atoms with Crippen molar-refractivity contribution in [1.82, 2.24) is 0 Å². The summed E-state index contributed by atoms with van der Waals surface area (Å²) in [5.41, 5.74) is 0.879. The Hall–Kier alpha value is -1.43. The van der Waals surface area contributed by atoms with E-state index in [9.17, 15) is 55.9 Å². The van der Waals surface area contributed by atoms with Gasteiger partial charge in [-0.05, 0) is 115 Å². The molecule has 0 bridgehead atoms. The van der Waals surface area contributed by atoms with Crippen molar-refractivity contribution in [2.24, 2.45) is 50.7 Å². The molecule has 0 amide bonds. The average Bonchev–Trinajstić information content (AvgIpc) is 3.88. The molecule has 0 aromatic rings. The molecule has 25 atom stereocenters. The quantitative estimate of drug-likeness (QED) is 0.0976. The molecule has 18 nitrogen and oxygen atoms in total. The average molecular weight is 941 g/mol. The van der Waals surface area contributed by atoms with Crippen LogP contribution in [0.4, 0.5) is 0 Å². The summed E-state index contributed by atoms with van der Waals surface area (Å²) >= 11 is 0. The first-order chi connectivity index (χ1) is 31.1. The number of ether oxygens (including phenoxy) is 7. The summed E-state index contributed by atoms with van der Waals surface area (Å²) in [4.78, 5) is 12.6. The third-order valence-electron chi connectivity index (χ3n) is 19.9. The highest BCUT2D eigenvalue weighted by atomic mass is 16.8. The van der Waals surface area contributed by atoms with Gasteiger partial charge in [-0.3, -0.25) is 0 Å². The van der Waals surface area contributed by atoms with E-state index in [-0.39, 0.29) is 39.7 Å². The van der Waals surface area contributed by atoms with E-state index in [1.165, 1.54) is 6.42 Å². The highest BCUT2D eigenvalue weighted by Crippen LogP contribution is 2.89. The Morgan fingerprint density at radius 1 is 0.621 bits per heavy atom. The maximum atomic E-state index is 12.6. The van der Waals surface area contributed by atoms with Crippen LogP contribution in [0.15, 0.2) is 11.6 Å². The molecule has 8 fully saturated rings. The predicted octanol–water partition coefficient (Wildman–Crippen LogP) is 0.157. The smallest absolute Gasteiger partial charge is 0.333 e. The van der Waals surface area contributed by atoms with Crippen molar-refractivity contribution in [3.8, 4) is 0 Å². The SMILES string of the molecule is CC1=CC[C@@H]([C@@H](C)[C@H]2CC[C@@]3(C)[C@@H]4CC[C@H]5C(C)(C)[C@@H](O[C@@H]6O[C@H](CO)[C@@H](O)[C@H](O)[C@H]6O[C@@H]6O[C@H](CO)[C@@H](O)[C@H](O)[C@H]6O[C@@H]6O[C@H](CO)[C@@H](O)[C@H](O)[C@H]6O)CC[C@@]56C[C@@]46CC[C@]23C)OC1=O. The van der Waals surface area contributed by atoms with Crippen molar-refractivity contribution >= 4 is 5.97 Å². The van der Waals surface area contributed by atoms with E-state index in [0.717, 1.165) is 51.4 Å². The molecular formula is C48H76O18. The lowest BCUT2D eigenvalue weighted by molar-refractivity contribution is -0.398. The van der Waals surface area contributed by atoms with Crippen LogP contribution in [-0.2, 0) is 38.0 Å². The van der Waals surface area contributed by atoms with Gasteiger partial charge in [0.25, 0.3) is 0 Å². The Morgan fingerprint density at radius 3 is 1.74 bits per heavy atom. The number of hydrogen-bond donors (Lipinski definition) is 10. The topological polar surface area (TPSA) is 284 Å². The molecule has 0 unspecified atom stereocenters. The van der Waals surface area contributed by atoms with E-state index in [1.807, 2.05) is 13.0 Å². The largest absolute Gasteiger partial charge is 0.458 e. The summed E-state index contributed by atoms with van der Waals surface area (Å²) < 4.78 is 42.7. The van der Waals surface area contributed by atoms with E-state index in [2.05, 4.69) is 34.6 Å². The summed E-state index contributed by atoms with van der Waals surface area (Å²) in [5, 5.41) is 107. The summed E-state index contributed by atoms with van der Waals surface area (Å²) in [6, 6.07) is 0. The molecule has 376 valence electrons. The zero-order chi connectivity index (χ0) is 47.6. The van der Waals surface area contributed by atoms with Crippen molar-refractivity contribution in [3.63, 3.8) is 0 Å². The molecule has 0 aromatic carbocycles. The second-order valence-corrected chi connectivity index (χ2v) is 22.9. The van der Waals surface area contributed by atoms with E-state index in [4.69, 9.17) is 33.2 Å². The van der Waals surface area contributed by atoms with Crippen molar-refractivity contribution in [3.05, 3.63) is 11.6 Å². The number of cyclic esters (lactones) is 1. The lowest BCUT2D eigenvalue weighted by Gasteiger charge is -2.64. The minimum atomic E-state index is -1.90. The van der Waals surface area contributed by atoms with Crippen molar-refractivity contribution < 1.29 is 89.0 Å². The van der Waals surface area contributed by atoms with Gasteiger partial charge in [0.05, 0.1) is 25.9 Å². The Labute approximate surface area is 386 Å². The second kappa shape index (κ2) is 17.7. The molecule has 4 aliphatic heterocycles. The molecule has 9 aliphatic rings. The van der Waals surface area contributed by atoms with Crippen LogP contribution in [0.25, 0.3) is 0 Å². The maximum absolute atomic E-state index is 12.6. The number of aliphatic hydroxyl groups is 10. The monoisotopic (exact) mass is 941 g/mol. The lowest BCUT2D eigenvalue weighted by Crippen LogP contribution is -2.67. The van der Waals surface area contributed by atoms with Crippen LogP contribution in [-0.4, -0.2) is 181 Å².